The van der Waals surface area contributed by atoms with Crippen molar-refractivity contribution in [3.8, 4) is 0 Å². The Kier molecular flexibility index (Phi) is 21.7. The smallest absolute Gasteiger partial charge is 0.326 e. The van der Waals surface area contributed by atoms with E-state index >= 15 is 0 Å². The third-order valence-corrected chi connectivity index (χ3v) is 12.0. The lowest BCUT2D eigenvalue weighted by molar-refractivity contribution is -0.384. The fourth-order valence-electron chi connectivity index (χ4n) is 7.99. The van der Waals surface area contributed by atoms with Gasteiger partial charge in [-0.05, 0) is 79.2 Å². The number of nitrogens with one attached hydrogen (secondary N) is 7. The molecule has 12 N–H and O–H groups in total. The third-order valence-electron chi connectivity index (χ3n) is 12.0. The molecule has 0 spiro atoms. The summed E-state index contributed by atoms with van der Waals surface area (Å²) in [5.74, 6) is -6.78. The molecule has 7 atom stereocenters. The third kappa shape index (κ3) is 17.3. The van der Waals surface area contributed by atoms with E-state index in [4.69, 9.17) is 11.5 Å². The summed E-state index contributed by atoms with van der Waals surface area (Å²) in [5.41, 5.74) is 14.7. The van der Waals surface area contributed by atoms with Gasteiger partial charge in [0.15, 0.2) is 0 Å². The predicted molar refractivity (Wildman–Crippen MR) is 268 cm³/mol. The highest BCUT2D eigenvalue weighted by Crippen LogP contribution is 2.20. The highest BCUT2D eigenvalue weighted by atomic mass is 16.6. The van der Waals surface area contributed by atoms with E-state index < -0.39 is 100 Å². The molecule has 0 bridgehead atoms. The number of carbonyl (C=O) groups is 7. The van der Waals surface area contributed by atoms with Crippen molar-refractivity contribution in [3.05, 3.63) is 112 Å². The first-order valence-electron chi connectivity index (χ1n) is 24.0. The first-order valence-corrected chi connectivity index (χ1v) is 24.0. The summed E-state index contributed by atoms with van der Waals surface area (Å²) in [4.78, 5) is 110. The number of carboxylic acids is 1. The molecule has 0 aliphatic carbocycles. The first kappa shape index (κ1) is 56.4. The number of aromatic amines is 1. The summed E-state index contributed by atoms with van der Waals surface area (Å²) in [6.07, 6.45) is 2.99. The fraction of sp³-hybridized carbons (Fsp3) is 0.471. The Morgan fingerprint density at radius 2 is 1.10 bits per heavy atom. The molecule has 20 nitrogen and oxygen atoms in total. The number of benzene rings is 3. The van der Waals surface area contributed by atoms with Crippen LogP contribution >= 0.6 is 0 Å². The molecule has 6 amide bonds. The molecule has 0 unspecified atom stereocenters. The molecule has 0 saturated carbocycles. The number of hydrogen-bond acceptors (Lipinski definition) is 11. The second kappa shape index (κ2) is 27.3. The van der Waals surface area contributed by atoms with Crippen molar-refractivity contribution in [2.75, 3.05) is 6.54 Å². The Morgan fingerprint density at radius 3 is 1.66 bits per heavy atom. The monoisotopic (exact) mass is 983 g/mol. The van der Waals surface area contributed by atoms with Crippen molar-refractivity contribution in [1.82, 2.24) is 36.9 Å². The summed E-state index contributed by atoms with van der Waals surface area (Å²) < 4.78 is 0. The van der Waals surface area contributed by atoms with Crippen LogP contribution < -0.4 is 43.4 Å². The van der Waals surface area contributed by atoms with E-state index in [0.29, 0.717) is 30.5 Å². The van der Waals surface area contributed by atoms with Gasteiger partial charge in [-0.25, -0.2) is 4.79 Å². The highest BCUT2D eigenvalue weighted by molar-refractivity contribution is 5.97. The standard InChI is InChI=1S/C51H70N10O10/c1-29(2)24-42(51(68)69)58-46(63)39(18-12-13-23-52)55-49(66)43(30(3)4)60-50(67)44(31(5)6)59-48(65)41(26-33-19-21-35(22-20-33)61(70)71)57-47(64)40(25-32-14-8-7-9-15-32)56-45(62)37(53)27-34-28-54-38-17-11-10-16-36(34)38/h7-11,14-17,19-22,28-31,37,39-44,54H,12-13,18,23-27,52-53H2,1-6H3,(H,55,66)(H,56,62)(H,57,64)(H,58,63)(H,59,65)(H,60,67)(H,68,69)/t37-,39-,40-,41+,42-,43-,44-/m1/s1. The molecule has 0 aliphatic rings. The van der Waals surface area contributed by atoms with E-state index in [0.717, 1.165) is 16.5 Å². The number of aliphatic carboxylic acids is 1. The number of unbranched alkanes of at least 4 members (excludes halogenated alkanes) is 1. The van der Waals surface area contributed by atoms with Crippen molar-refractivity contribution in [2.24, 2.45) is 29.2 Å². The van der Waals surface area contributed by atoms with Gasteiger partial charge in [-0.1, -0.05) is 102 Å². The molecule has 384 valence electrons. The number of amides is 6. The molecular weight excluding hydrogens is 913 g/mol. The van der Waals surface area contributed by atoms with Gasteiger partial charge in [-0.2, -0.15) is 0 Å². The molecular formula is C51H70N10O10. The number of rotatable bonds is 28. The number of non-ortho nitro benzene ring substituents is 1. The zero-order valence-electron chi connectivity index (χ0n) is 41.2. The number of aromatic nitrogens is 1. The van der Waals surface area contributed by atoms with Crippen LogP contribution in [0.25, 0.3) is 10.9 Å². The maximum Gasteiger partial charge on any atom is 0.326 e. The van der Waals surface area contributed by atoms with Crippen LogP contribution in [-0.4, -0.2) is 105 Å². The van der Waals surface area contributed by atoms with Gasteiger partial charge in [0.05, 0.1) is 11.0 Å². The van der Waals surface area contributed by atoms with Crippen LogP contribution in [0.1, 0.15) is 83.9 Å². The van der Waals surface area contributed by atoms with Crippen molar-refractivity contribution in [1.29, 1.82) is 0 Å². The Labute approximate surface area is 413 Å². The number of nitrogens with zero attached hydrogens (tertiary/aromatic N) is 1. The van der Waals surface area contributed by atoms with E-state index in [1.807, 2.05) is 38.1 Å². The minimum absolute atomic E-state index is 0.00733. The van der Waals surface area contributed by atoms with E-state index in [-0.39, 0.29) is 43.7 Å². The Bertz CT molecular complexity index is 2440. The maximum atomic E-state index is 14.5. The number of carbonyl (C=O) groups excluding carboxylic acids is 6. The predicted octanol–water partition coefficient (Wildman–Crippen LogP) is 2.91. The van der Waals surface area contributed by atoms with Crippen LogP contribution in [-0.2, 0) is 52.8 Å². The average Bonchev–Trinajstić information content (AvgIpc) is 3.73. The van der Waals surface area contributed by atoms with Gasteiger partial charge in [-0.3, -0.25) is 38.9 Å². The number of para-hydroxylation sites is 1. The molecule has 71 heavy (non-hydrogen) atoms. The topological polar surface area (TPSA) is 323 Å². The number of fused-ring (bicyclic) bond motifs is 1. The number of hydrogen-bond donors (Lipinski definition) is 10. The lowest BCUT2D eigenvalue weighted by Gasteiger charge is -2.30. The van der Waals surface area contributed by atoms with Crippen LogP contribution in [0.3, 0.4) is 0 Å². The lowest BCUT2D eigenvalue weighted by atomic mass is 9.97. The second-order valence-electron chi connectivity index (χ2n) is 18.9. The quantitative estimate of drug-likeness (QED) is 0.0223. The zero-order valence-corrected chi connectivity index (χ0v) is 41.2. The lowest BCUT2D eigenvalue weighted by Crippen LogP contribution is -2.61. The second-order valence-corrected chi connectivity index (χ2v) is 18.9. The summed E-state index contributed by atoms with van der Waals surface area (Å²) in [6, 6.07) is 13.2. The largest absolute Gasteiger partial charge is 0.480 e. The number of carboxylic acid groups (broad SMARTS) is 1. The van der Waals surface area contributed by atoms with Gasteiger partial charge in [0.1, 0.15) is 36.3 Å². The minimum atomic E-state index is -1.41. The Hall–Kier alpha value is -7.19. The maximum absolute atomic E-state index is 14.5. The number of nitrogens with two attached hydrogens (primary N) is 2. The van der Waals surface area contributed by atoms with Gasteiger partial charge in [0.25, 0.3) is 5.69 Å². The van der Waals surface area contributed by atoms with Crippen LogP contribution in [0.15, 0.2) is 85.1 Å². The Morgan fingerprint density at radius 1 is 0.606 bits per heavy atom. The van der Waals surface area contributed by atoms with Crippen molar-refractivity contribution in [2.45, 2.75) is 129 Å². The molecule has 4 aromatic rings. The molecule has 1 aromatic heterocycles. The summed E-state index contributed by atoms with van der Waals surface area (Å²) in [7, 11) is 0. The van der Waals surface area contributed by atoms with E-state index in [1.54, 1.807) is 64.2 Å². The van der Waals surface area contributed by atoms with Crippen molar-refractivity contribution >= 4 is 58.0 Å². The molecule has 0 aliphatic heterocycles. The summed E-state index contributed by atoms with van der Waals surface area (Å²) in [6.45, 7) is 10.6. The first-order chi connectivity index (χ1) is 33.7. The minimum Gasteiger partial charge on any atom is -0.480 e. The molecule has 3 aromatic carbocycles. The van der Waals surface area contributed by atoms with Gasteiger partial charge in [-0.15, -0.1) is 0 Å². The van der Waals surface area contributed by atoms with Crippen molar-refractivity contribution < 1.29 is 43.6 Å². The Balaban J connectivity index is 1.59. The average molecular weight is 983 g/mol. The molecule has 20 heteroatoms. The van der Waals surface area contributed by atoms with E-state index in [2.05, 4.69) is 36.9 Å². The SMILES string of the molecule is CC(C)C[C@@H](NC(=O)[C@@H](CCCCN)NC(=O)[C@H](NC(=O)[C@H](NC(=O)[C@H](Cc1ccc([N+](=O)[O-])cc1)NC(=O)[C@@H](Cc1ccccc1)NC(=O)[C@H](N)Cc1c[nH]c2ccccc12)C(C)C)C(C)C)C(=O)O. The molecule has 4 rings (SSSR count). The molecule has 0 radical (unpaired) electrons. The normalized spacial score (nSPS) is 14.4. The number of H-pyrrole nitrogens is 1. The van der Waals surface area contributed by atoms with Crippen LogP contribution in [0.5, 0.6) is 0 Å². The molecule has 0 fully saturated rings. The molecule has 1 heterocycles. The highest BCUT2D eigenvalue weighted by Gasteiger charge is 2.36. The molecule has 0 saturated heterocycles. The number of nitro groups is 1. The number of nitro benzene ring substituents is 1. The van der Waals surface area contributed by atoms with Gasteiger partial charge in [0, 0.05) is 42.1 Å². The van der Waals surface area contributed by atoms with Gasteiger partial charge < -0.3 is 53.5 Å². The summed E-state index contributed by atoms with van der Waals surface area (Å²) in [5, 5.41) is 38.4. The van der Waals surface area contributed by atoms with E-state index in [1.165, 1.54) is 24.3 Å². The summed E-state index contributed by atoms with van der Waals surface area (Å²) >= 11 is 0. The fourth-order valence-corrected chi connectivity index (χ4v) is 7.99. The van der Waals surface area contributed by atoms with Gasteiger partial charge in [0.2, 0.25) is 35.4 Å². The van der Waals surface area contributed by atoms with E-state index in [9.17, 15) is 48.8 Å². The zero-order chi connectivity index (χ0) is 52.4. The van der Waals surface area contributed by atoms with Crippen LogP contribution in [0.4, 0.5) is 5.69 Å². The van der Waals surface area contributed by atoms with Crippen LogP contribution in [0, 0.1) is 27.9 Å². The van der Waals surface area contributed by atoms with Crippen molar-refractivity contribution in [3.63, 3.8) is 0 Å². The van der Waals surface area contributed by atoms with Crippen LogP contribution in [0.2, 0.25) is 0 Å². The van der Waals surface area contributed by atoms with Gasteiger partial charge >= 0.3 is 5.97 Å².